The monoisotopic (exact) mass is 899 g/mol. The Labute approximate surface area is 387 Å². The van der Waals surface area contributed by atoms with Gasteiger partial charge in [0.15, 0.2) is 0 Å². The van der Waals surface area contributed by atoms with E-state index in [1.807, 2.05) is 41.6 Å². The first-order valence-electron chi connectivity index (χ1n) is 24.3. The lowest BCUT2D eigenvalue weighted by Gasteiger charge is -2.48. The number of rotatable bonds is 9. The summed E-state index contributed by atoms with van der Waals surface area (Å²) in [7, 11) is 1.75. The highest BCUT2D eigenvalue weighted by molar-refractivity contribution is 6.01. The second-order valence-electron chi connectivity index (χ2n) is 20.7. The summed E-state index contributed by atoms with van der Waals surface area (Å²) in [5, 5.41) is 16.7. The van der Waals surface area contributed by atoms with Crippen LogP contribution in [-0.2, 0) is 36.0 Å². The molecule has 3 unspecified atom stereocenters. The molecule has 15 nitrogen and oxygen atoms in total. The fourth-order valence-electron chi connectivity index (χ4n) is 12.4. The topological polar surface area (TPSA) is 152 Å². The second kappa shape index (κ2) is 17.5. The van der Waals surface area contributed by atoms with E-state index in [1.165, 1.54) is 16.9 Å². The van der Waals surface area contributed by atoms with Crippen molar-refractivity contribution in [3.05, 3.63) is 93.8 Å². The van der Waals surface area contributed by atoms with E-state index in [0.717, 1.165) is 93.9 Å². The fraction of sp³-hybridized carbons (Fsp3) is 0.549. The summed E-state index contributed by atoms with van der Waals surface area (Å²) in [5.74, 6) is -0.0226. The van der Waals surface area contributed by atoms with Crippen LogP contribution < -0.4 is 30.9 Å². The maximum Gasteiger partial charge on any atom is 0.274 e. The predicted molar refractivity (Wildman–Crippen MR) is 257 cm³/mol. The van der Waals surface area contributed by atoms with E-state index in [1.54, 1.807) is 11.6 Å². The summed E-state index contributed by atoms with van der Waals surface area (Å²) >= 11 is 0. The van der Waals surface area contributed by atoms with Gasteiger partial charge in [0.25, 0.3) is 11.5 Å². The number of benzene rings is 1. The number of hydrogen-bond acceptors (Lipinski definition) is 11. The van der Waals surface area contributed by atoms with E-state index >= 15 is 0 Å². The lowest BCUT2D eigenvalue weighted by molar-refractivity contribution is -0.134. The molecular weight excluding hydrogens is 833 g/mol. The number of piperidine rings is 3. The van der Waals surface area contributed by atoms with Crippen molar-refractivity contribution in [1.82, 2.24) is 29.2 Å². The van der Waals surface area contributed by atoms with Crippen LogP contribution in [0.5, 0.6) is 0 Å². The van der Waals surface area contributed by atoms with Gasteiger partial charge in [-0.2, -0.15) is 0 Å². The first-order chi connectivity index (χ1) is 31.7. The zero-order valence-corrected chi connectivity index (χ0v) is 39.2. The molecule has 0 saturated carbocycles. The highest BCUT2D eigenvalue weighted by Crippen LogP contribution is 2.40. The lowest BCUT2D eigenvalue weighted by atomic mass is 9.90. The molecule has 10 rings (SSSR count). The number of aliphatic hydroxyl groups excluding tert-OH is 1. The summed E-state index contributed by atoms with van der Waals surface area (Å²) in [6.45, 7) is 15.0. The SMILES string of the molecule is C[C@H]1C[C@@H](N2CCN(c3ccc(Nc4cc(N5CCCC(N6CCn7c(cc8c7CC(C)(C)C8)C6=O)C5CO)cn(C)c4=O)nc3)[C@@H](C)C2)CCN1c1ccc(C2CCC(=O)NC2=O)cc1. The molecule has 1 aliphatic carbocycles. The number of nitrogens with one attached hydrogen (secondary N) is 2. The fourth-order valence-corrected chi connectivity index (χ4v) is 12.4. The van der Waals surface area contributed by atoms with Crippen LogP contribution in [0.2, 0.25) is 0 Å². The molecule has 6 atom stereocenters. The Hall–Kier alpha value is -5.67. The first-order valence-corrected chi connectivity index (χ1v) is 24.3. The van der Waals surface area contributed by atoms with Gasteiger partial charge in [-0.25, -0.2) is 4.98 Å². The van der Waals surface area contributed by atoms with E-state index in [4.69, 9.17) is 4.98 Å². The van der Waals surface area contributed by atoms with Crippen LogP contribution in [0, 0.1) is 5.41 Å². The van der Waals surface area contributed by atoms with Crippen molar-refractivity contribution < 1.29 is 19.5 Å². The van der Waals surface area contributed by atoms with Crippen molar-refractivity contribution in [2.45, 2.75) is 122 Å². The number of fused-ring (bicyclic) bond motifs is 3. The molecule has 8 heterocycles. The molecule has 1 aromatic carbocycles. The van der Waals surface area contributed by atoms with Gasteiger partial charge in [-0.1, -0.05) is 26.0 Å². The van der Waals surface area contributed by atoms with Crippen molar-refractivity contribution in [1.29, 1.82) is 0 Å². The number of imide groups is 1. The second-order valence-corrected chi connectivity index (χ2v) is 20.7. The van der Waals surface area contributed by atoms with Gasteiger partial charge in [-0.05, 0) is 112 Å². The minimum absolute atomic E-state index is 0.0495. The minimum Gasteiger partial charge on any atom is -0.394 e. The van der Waals surface area contributed by atoms with Crippen molar-refractivity contribution in [2.75, 3.05) is 65.9 Å². The zero-order chi connectivity index (χ0) is 46.0. The zero-order valence-electron chi connectivity index (χ0n) is 39.2. The number of aliphatic hydroxyl groups is 1. The number of hydrogen-bond donors (Lipinski definition) is 3. The van der Waals surface area contributed by atoms with E-state index in [-0.39, 0.29) is 53.3 Å². The molecular formula is C51H66N10O5. The van der Waals surface area contributed by atoms with E-state index in [2.05, 4.69) is 86.8 Å². The predicted octanol–water partition coefficient (Wildman–Crippen LogP) is 5.02. The standard InChI is InChI=1S/C51H66N10O5/c1-32-23-37(16-18-57(32)36-10-8-34(9-11-36)40-13-15-47(63)54-48(40)64)56-19-20-58(33(2)29-56)38-12-14-46(52-28-38)53-41-25-39(30-55(5)49(41)65)59-17-6-7-42(45(59)31-62)61-22-21-60-43(50(61)66)24-35-26-51(3,4)27-44(35)60/h8-12,14,24-25,28,30,32-33,37,40,42,45,62H,6-7,13,15-23,26-27,29,31H2,1-5H3,(H,52,53)(H,54,63,64)/t32-,33-,37-,40?,42?,45?/m0/s1. The molecule has 66 heavy (non-hydrogen) atoms. The Morgan fingerprint density at radius 3 is 2.32 bits per heavy atom. The van der Waals surface area contributed by atoms with Gasteiger partial charge in [-0.15, -0.1) is 0 Å². The van der Waals surface area contributed by atoms with Gasteiger partial charge in [0.1, 0.15) is 17.2 Å². The number of pyridine rings is 2. The summed E-state index contributed by atoms with van der Waals surface area (Å²) in [5.41, 5.74) is 7.85. The smallest absolute Gasteiger partial charge is 0.274 e. The summed E-state index contributed by atoms with van der Waals surface area (Å²) in [6, 6.07) is 17.1. The van der Waals surface area contributed by atoms with Crippen LogP contribution in [0.15, 0.2) is 65.7 Å². The van der Waals surface area contributed by atoms with E-state index in [0.29, 0.717) is 55.6 Å². The quantitative estimate of drug-likeness (QED) is 0.194. The molecule has 3 aromatic heterocycles. The molecule has 350 valence electrons. The molecule has 6 aliphatic rings. The van der Waals surface area contributed by atoms with Gasteiger partial charge in [0.2, 0.25) is 11.8 Å². The van der Waals surface area contributed by atoms with Crippen LogP contribution in [0.25, 0.3) is 0 Å². The van der Waals surface area contributed by atoms with E-state index in [9.17, 15) is 24.3 Å². The third-order valence-electron chi connectivity index (χ3n) is 15.7. The highest BCUT2D eigenvalue weighted by Gasteiger charge is 2.43. The molecule has 4 fully saturated rings. The third-order valence-corrected chi connectivity index (χ3v) is 15.7. The van der Waals surface area contributed by atoms with Gasteiger partial charge < -0.3 is 39.2 Å². The Morgan fingerprint density at radius 1 is 0.818 bits per heavy atom. The molecule has 0 spiro atoms. The van der Waals surface area contributed by atoms with Crippen molar-refractivity contribution in [3.63, 3.8) is 0 Å². The Balaban J connectivity index is 0.754. The Morgan fingerprint density at radius 2 is 1.59 bits per heavy atom. The molecule has 5 aliphatic heterocycles. The number of aromatic nitrogens is 3. The molecule has 3 N–H and O–H groups in total. The number of amides is 3. The maximum absolute atomic E-state index is 14.1. The van der Waals surface area contributed by atoms with Crippen molar-refractivity contribution >= 4 is 46.3 Å². The molecule has 0 bridgehead atoms. The van der Waals surface area contributed by atoms with Crippen molar-refractivity contribution in [2.24, 2.45) is 12.5 Å². The van der Waals surface area contributed by atoms with E-state index < -0.39 is 0 Å². The minimum atomic E-state index is -0.311. The lowest BCUT2D eigenvalue weighted by Crippen LogP contribution is -2.60. The summed E-state index contributed by atoms with van der Waals surface area (Å²) < 4.78 is 3.83. The number of aryl methyl sites for hydroxylation is 1. The summed E-state index contributed by atoms with van der Waals surface area (Å²) in [6.07, 6.45) is 10.5. The number of carbonyl (C=O) groups excluding carboxylic acids is 3. The van der Waals surface area contributed by atoms with Gasteiger partial charge >= 0.3 is 0 Å². The van der Waals surface area contributed by atoms with Crippen molar-refractivity contribution in [3.8, 4) is 0 Å². The van der Waals surface area contributed by atoms with Crippen LogP contribution in [-0.4, -0.2) is 123 Å². The largest absolute Gasteiger partial charge is 0.394 e. The van der Waals surface area contributed by atoms with Gasteiger partial charge in [0, 0.05) is 95.0 Å². The molecule has 15 heteroatoms. The van der Waals surface area contributed by atoms with Gasteiger partial charge in [-0.3, -0.25) is 29.4 Å². The van der Waals surface area contributed by atoms with Crippen LogP contribution in [0.1, 0.15) is 99.4 Å². The number of carbonyl (C=O) groups is 3. The molecule has 0 radical (unpaired) electrons. The maximum atomic E-state index is 14.1. The molecule has 4 saturated heterocycles. The van der Waals surface area contributed by atoms with Crippen LogP contribution >= 0.6 is 0 Å². The Bertz CT molecular complexity index is 2550. The third kappa shape index (κ3) is 8.26. The first kappa shape index (κ1) is 44.2. The van der Waals surface area contributed by atoms with Gasteiger partial charge in [0.05, 0.1) is 42.2 Å². The average molecular weight is 899 g/mol. The van der Waals surface area contributed by atoms with Crippen LogP contribution in [0.4, 0.5) is 28.6 Å². The van der Waals surface area contributed by atoms with Crippen LogP contribution in [0.3, 0.4) is 0 Å². The average Bonchev–Trinajstić information content (AvgIpc) is 3.80. The Kier molecular flexibility index (Phi) is 11.7. The highest BCUT2D eigenvalue weighted by atomic mass is 16.3. The normalized spacial score (nSPS) is 26.9. The number of nitrogens with zero attached hydrogens (tertiary/aromatic N) is 8. The number of piperazine rings is 1. The summed E-state index contributed by atoms with van der Waals surface area (Å²) in [4.78, 5) is 68.3. The molecule has 4 aromatic rings. The number of anilines is 5. The molecule has 3 amide bonds.